The summed E-state index contributed by atoms with van der Waals surface area (Å²) in [6, 6.07) is 9.05. The molecule has 0 bridgehead atoms. The molecule has 0 aromatic heterocycles. The number of benzene rings is 1. The third-order valence-corrected chi connectivity index (χ3v) is 3.27. The van der Waals surface area contributed by atoms with Gasteiger partial charge in [0.05, 0.1) is 5.56 Å². The van der Waals surface area contributed by atoms with Gasteiger partial charge in [0.1, 0.15) is 11.8 Å². The van der Waals surface area contributed by atoms with E-state index in [0.29, 0.717) is 11.3 Å². The largest absolute Gasteiger partial charge is 0.482 e. The molecule has 1 aromatic carbocycles. The van der Waals surface area contributed by atoms with Gasteiger partial charge in [0, 0.05) is 13.1 Å². The van der Waals surface area contributed by atoms with E-state index in [1.165, 1.54) is 0 Å². The van der Waals surface area contributed by atoms with E-state index in [2.05, 4.69) is 19.9 Å². The third-order valence-electron chi connectivity index (χ3n) is 3.27. The zero-order valence-electron chi connectivity index (χ0n) is 13.0. The van der Waals surface area contributed by atoms with Crippen molar-refractivity contribution in [1.29, 1.82) is 5.26 Å². The number of amides is 1. The number of nitriles is 1. The number of para-hydroxylation sites is 1. The number of rotatable bonds is 9. The van der Waals surface area contributed by atoms with Gasteiger partial charge in [-0.3, -0.25) is 4.79 Å². The molecule has 0 aliphatic rings. The SMILES string of the molecule is CCCCN(CCCC)C(=O)COc1ccccc1C#N. The lowest BCUT2D eigenvalue weighted by Crippen LogP contribution is -2.36. The van der Waals surface area contributed by atoms with Crippen molar-refractivity contribution in [2.75, 3.05) is 19.7 Å². The van der Waals surface area contributed by atoms with Gasteiger partial charge in [0.2, 0.25) is 0 Å². The van der Waals surface area contributed by atoms with Crippen LogP contribution in [-0.4, -0.2) is 30.5 Å². The Morgan fingerprint density at radius 2 is 1.81 bits per heavy atom. The van der Waals surface area contributed by atoms with Crippen LogP contribution in [0.5, 0.6) is 5.75 Å². The summed E-state index contributed by atoms with van der Waals surface area (Å²) in [5.41, 5.74) is 0.457. The van der Waals surface area contributed by atoms with Gasteiger partial charge in [-0.05, 0) is 25.0 Å². The van der Waals surface area contributed by atoms with Crippen LogP contribution in [-0.2, 0) is 4.79 Å². The summed E-state index contributed by atoms with van der Waals surface area (Å²) in [4.78, 5) is 14.1. The molecule has 0 radical (unpaired) electrons. The van der Waals surface area contributed by atoms with Crippen LogP contribution in [0, 0.1) is 11.3 Å². The Kier molecular flexibility index (Phi) is 7.96. The minimum atomic E-state index is -0.00959. The fraction of sp³-hybridized carbons (Fsp3) is 0.529. The second kappa shape index (κ2) is 9.82. The predicted octanol–water partition coefficient (Wildman–Crippen LogP) is 3.37. The molecular formula is C17H24N2O2. The van der Waals surface area contributed by atoms with Crippen LogP contribution in [0.25, 0.3) is 0 Å². The first-order valence-corrected chi connectivity index (χ1v) is 7.62. The molecule has 0 heterocycles. The first-order chi connectivity index (χ1) is 10.2. The Balaban J connectivity index is 2.58. The van der Waals surface area contributed by atoms with Crippen molar-refractivity contribution < 1.29 is 9.53 Å². The second-order valence-electron chi connectivity index (χ2n) is 4.98. The molecule has 1 amide bonds. The second-order valence-corrected chi connectivity index (χ2v) is 4.98. The normalized spacial score (nSPS) is 9.95. The molecule has 4 heteroatoms. The Hall–Kier alpha value is -2.02. The number of unbranched alkanes of at least 4 members (excludes halogenated alkanes) is 2. The Morgan fingerprint density at radius 3 is 2.38 bits per heavy atom. The topological polar surface area (TPSA) is 53.3 Å². The van der Waals surface area contributed by atoms with E-state index >= 15 is 0 Å². The number of ether oxygens (including phenoxy) is 1. The van der Waals surface area contributed by atoms with Crippen molar-refractivity contribution in [3.05, 3.63) is 29.8 Å². The summed E-state index contributed by atoms with van der Waals surface area (Å²) in [7, 11) is 0. The van der Waals surface area contributed by atoms with Crippen molar-refractivity contribution in [2.45, 2.75) is 39.5 Å². The molecule has 4 nitrogen and oxygen atoms in total. The maximum atomic E-state index is 12.2. The number of hydrogen-bond donors (Lipinski definition) is 0. The molecule has 1 aromatic rings. The van der Waals surface area contributed by atoms with Gasteiger partial charge < -0.3 is 9.64 Å². The molecule has 0 saturated heterocycles. The van der Waals surface area contributed by atoms with E-state index in [0.717, 1.165) is 38.8 Å². The number of carbonyl (C=O) groups excluding carboxylic acids is 1. The summed E-state index contributed by atoms with van der Waals surface area (Å²) in [6.07, 6.45) is 4.14. The molecular weight excluding hydrogens is 264 g/mol. The number of carbonyl (C=O) groups is 1. The van der Waals surface area contributed by atoms with Crippen LogP contribution in [0.3, 0.4) is 0 Å². The lowest BCUT2D eigenvalue weighted by atomic mass is 10.2. The average Bonchev–Trinajstić information content (AvgIpc) is 2.53. The van der Waals surface area contributed by atoms with E-state index in [4.69, 9.17) is 10.00 Å². The zero-order chi connectivity index (χ0) is 15.5. The lowest BCUT2D eigenvalue weighted by Gasteiger charge is -2.22. The molecule has 0 spiro atoms. The van der Waals surface area contributed by atoms with Crippen LogP contribution in [0.2, 0.25) is 0 Å². The van der Waals surface area contributed by atoms with Crippen LogP contribution in [0.4, 0.5) is 0 Å². The molecule has 0 fully saturated rings. The maximum absolute atomic E-state index is 12.2. The molecule has 21 heavy (non-hydrogen) atoms. The Bertz CT molecular complexity index is 472. The first kappa shape index (κ1) is 17.0. The fourth-order valence-corrected chi connectivity index (χ4v) is 1.97. The first-order valence-electron chi connectivity index (χ1n) is 7.62. The maximum Gasteiger partial charge on any atom is 0.260 e. The summed E-state index contributed by atoms with van der Waals surface area (Å²) in [5.74, 6) is 0.462. The van der Waals surface area contributed by atoms with Crippen LogP contribution < -0.4 is 4.74 Å². The molecule has 0 N–H and O–H groups in total. The van der Waals surface area contributed by atoms with Gasteiger partial charge in [0.25, 0.3) is 5.91 Å². The highest BCUT2D eigenvalue weighted by Gasteiger charge is 2.14. The van der Waals surface area contributed by atoms with Gasteiger partial charge >= 0.3 is 0 Å². The van der Waals surface area contributed by atoms with Crippen molar-refractivity contribution in [2.24, 2.45) is 0 Å². The van der Waals surface area contributed by atoms with Gasteiger partial charge in [0.15, 0.2) is 6.61 Å². The van der Waals surface area contributed by atoms with Crippen LogP contribution in [0.1, 0.15) is 45.1 Å². The Labute approximate surface area is 127 Å². The predicted molar refractivity (Wildman–Crippen MR) is 83.0 cm³/mol. The highest BCUT2D eigenvalue weighted by Crippen LogP contribution is 2.16. The standard InChI is InChI=1S/C17H24N2O2/c1-3-5-11-19(12-6-4-2)17(20)14-21-16-10-8-7-9-15(16)13-18/h7-10H,3-6,11-12,14H2,1-2H3. The van der Waals surface area contributed by atoms with Gasteiger partial charge in [-0.1, -0.05) is 38.8 Å². The van der Waals surface area contributed by atoms with Crippen molar-refractivity contribution in [1.82, 2.24) is 4.90 Å². The van der Waals surface area contributed by atoms with E-state index in [-0.39, 0.29) is 12.5 Å². The molecule has 1 rings (SSSR count). The van der Waals surface area contributed by atoms with E-state index in [1.54, 1.807) is 24.3 Å². The van der Waals surface area contributed by atoms with Crippen LogP contribution >= 0.6 is 0 Å². The zero-order valence-corrected chi connectivity index (χ0v) is 13.0. The number of hydrogen-bond acceptors (Lipinski definition) is 3. The van der Waals surface area contributed by atoms with Gasteiger partial charge in [-0.2, -0.15) is 5.26 Å². The molecule has 0 unspecified atom stereocenters. The molecule has 0 atom stereocenters. The van der Waals surface area contributed by atoms with Crippen molar-refractivity contribution >= 4 is 5.91 Å². The third kappa shape index (κ3) is 5.86. The quantitative estimate of drug-likeness (QED) is 0.700. The smallest absolute Gasteiger partial charge is 0.260 e. The highest BCUT2D eigenvalue weighted by molar-refractivity contribution is 5.77. The van der Waals surface area contributed by atoms with Crippen molar-refractivity contribution in [3.8, 4) is 11.8 Å². The van der Waals surface area contributed by atoms with Gasteiger partial charge in [-0.15, -0.1) is 0 Å². The highest BCUT2D eigenvalue weighted by atomic mass is 16.5. The molecule has 0 aliphatic heterocycles. The summed E-state index contributed by atoms with van der Waals surface area (Å²) in [6.45, 7) is 5.77. The van der Waals surface area contributed by atoms with Crippen LogP contribution in [0.15, 0.2) is 24.3 Å². The lowest BCUT2D eigenvalue weighted by molar-refractivity contribution is -0.133. The molecule has 0 saturated carbocycles. The van der Waals surface area contributed by atoms with E-state index in [1.807, 2.05) is 4.90 Å². The van der Waals surface area contributed by atoms with E-state index in [9.17, 15) is 4.79 Å². The fourth-order valence-electron chi connectivity index (χ4n) is 1.97. The summed E-state index contributed by atoms with van der Waals surface area (Å²) >= 11 is 0. The minimum absolute atomic E-state index is 0.00782. The average molecular weight is 288 g/mol. The molecule has 114 valence electrons. The Morgan fingerprint density at radius 1 is 1.19 bits per heavy atom. The van der Waals surface area contributed by atoms with Gasteiger partial charge in [-0.25, -0.2) is 0 Å². The number of nitrogens with zero attached hydrogens (tertiary/aromatic N) is 2. The summed E-state index contributed by atoms with van der Waals surface area (Å²) in [5, 5.41) is 9.00. The summed E-state index contributed by atoms with van der Waals surface area (Å²) < 4.78 is 5.52. The minimum Gasteiger partial charge on any atom is -0.482 e. The van der Waals surface area contributed by atoms with E-state index < -0.39 is 0 Å². The monoisotopic (exact) mass is 288 g/mol. The van der Waals surface area contributed by atoms with Crippen molar-refractivity contribution in [3.63, 3.8) is 0 Å². The molecule has 0 aliphatic carbocycles.